The van der Waals surface area contributed by atoms with E-state index in [9.17, 15) is 14.7 Å². The number of likely N-dealkylation sites (tertiary alicyclic amines) is 1. The Kier molecular flexibility index (Phi) is 6.61. The van der Waals surface area contributed by atoms with Crippen LogP contribution in [0.3, 0.4) is 0 Å². The predicted octanol–water partition coefficient (Wildman–Crippen LogP) is 3.71. The number of hydrogen-bond acceptors (Lipinski definition) is 5. The van der Waals surface area contributed by atoms with Gasteiger partial charge in [0.15, 0.2) is 0 Å². The summed E-state index contributed by atoms with van der Waals surface area (Å²) in [4.78, 5) is 30.4. The number of anilines is 1. The molecule has 0 radical (unpaired) electrons. The molecule has 2 aromatic carbocycles. The van der Waals surface area contributed by atoms with Crippen molar-refractivity contribution in [2.45, 2.75) is 26.7 Å². The fourth-order valence-electron chi connectivity index (χ4n) is 4.28. The minimum Gasteiger partial charge on any atom is -0.493 e. The van der Waals surface area contributed by atoms with Crippen molar-refractivity contribution in [1.82, 2.24) is 4.90 Å². The molecular weight excluding hydrogens is 404 g/mol. The highest BCUT2D eigenvalue weighted by atomic mass is 16.5. The van der Waals surface area contributed by atoms with Crippen LogP contribution in [0, 0.1) is 11.8 Å². The van der Waals surface area contributed by atoms with E-state index in [0.717, 1.165) is 18.6 Å². The first kappa shape index (κ1) is 22.1. The van der Waals surface area contributed by atoms with Gasteiger partial charge >= 0.3 is 0 Å². The molecule has 0 bridgehead atoms. The molecule has 2 heterocycles. The first-order valence-corrected chi connectivity index (χ1v) is 11.3. The minimum absolute atomic E-state index is 0.0749. The summed E-state index contributed by atoms with van der Waals surface area (Å²) >= 11 is 0. The second-order valence-electron chi connectivity index (χ2n) is 8.87. The molecular formula is C26H30N2O4. The summed E-state index contributed by atoms with van der Waals surface area (Å²) in [6, 6.07) is 16.4. The van der Waals surface area contributed by atoms with Crippen molar-refractivity contribution in [3.8, 4) is 5.75 Å². The normalized spacial score (nSPS) is 19.3. The number of nitrogens with zero attached hydrogens (tertiary/aromatic N) is 2. The van der Waals surface area contributed by atoms with Crippen molar-refractivity contribution in [2.75, 3.05) is 31.2 Å². The number of amides is 2. The molecule has 0 saturated carbocycles. The topological polar surface area (TPSA) is 70.1 Å². The van der Waals surface area contributed by atoms with Crippen molar-refractivity contribution >= 4 is 23.1 Å². The molecule has 32 heavy (non-hydrogen) atoms. The third kappa shape index (κ3) is 4.41. The number of aliphatic hydroxyl groups excluding tert-OH is 1. The Balaban J connectivity index is 1.72. The third-order valence-corrected chi connectivity index (χ3v) is 5.89. The fourth-order valence-corrected chi connectivity index (χ4v) is 4.28. The summed E-state index contributed by atoms with van der Waals surface area (Å²) in [5, 5.41) is 9.68. The number of hydrogen-bond donors (Lipinski definition) is 1. The molecule has 2 aromatic rings. The lowest BCUT2D eigenvalue weighted by atomic mass is 9.97. The Labute approximate surface area is 189 Å². The van der Waals surface area contributed by atoms with Crippen LogP contribution in [0.2, 0.25) is 0 Å². The largest absolute Gasteiger partial charge is 0.493 e. The summed E-state index contributed by atoms with van der Waals surface area (Å²) in [5.41, 5.74) is 2.09. The van der Waals surface area contributed by atoms with Crippen LogP contribution in [0.5, 0.6) is 5.75 Å². The third-order valence-electron chi connectivity index (χ3n) is 5.89. The molecule has 6 heteroatoms. The highest BCUT2D eigenvalue weighted by Gasteiger charge is 2.43. The summed E-state index contributed by atoms with van der Waals surface area (Å²) in [7, 11) is 0. The zero-order valence-corrected chi connectivity index (χ0v) is 18.7. The van der Waals surface area contributed by atoms with Crippen LogP contribution >= 0.6 is 0 Å². The Morgan fingerprint density at radius 2 is 1.75 bits per heavy atom. The van der Waals surface area contributed by atoms with Crippen LogP contribution in [0.25, 0.3) is 5.57 Å². The fraction of sp³-hybridized carbons (Fsp3) is 0.385. The van der Waals surface area contributed by atoms with E-state index < -0.39 is 0 Å². The van der Waals surface area contributed by atoms with E-state index in [4.69, 9.17) is 4.74 Å². The molecule has 1 fully saturated rings. The van der Waals surface area contributed by atoms with Crippen molar-refractivity contribution < 1.29 is 19.4 Å². The molecule has 168 valence electrons. The van der Waals surface area contributed by atoms with Crippen LogP contribution in [-0.4, -0.2) is 48.1 Å². The molecule has 0 aliphatic carbocycles. The van der Waals surface area contributed by atoms with E-state index in [1.165, 1.54) is 4.90 Å². The molecule has 0 spiro atoms. The van der Waals surface area contributed by atoms with E-state index in [1.54, 1.807) is 12.1 Å². The van der Waals surface area contributed by atoms with Gasteiger partial charge in [0, 0.05) is 19.7 Å². The maximum Gasteiger partial charge on any atom is 0.282 e. The van der Waals surface area contributed by atoms with Gasteiger partial charge in [-0.2, -0.15) is 0 Å². The van der Waals surface area contributed by atoms with Crippen LogP contribution in [0.4, 0.5) is 5.69 Å². The number of para-hydroxylation sites is 1. The molecule has 0 aromatic heterocycles. The smallest absolute Gasteiger partial charge is 0.282 e. The number of benzene rings is 2. The van der Waals surface area contributed by atoms with Crippen molar-refractivity contribution in [3.05, 3.63) is 65.9 Å². The summed E-state index contributed by atoms with van der Waals surface area (Å²) in [6.07, 6.45) is 1.79. The molecule has 2 aliphatic rings. The van der Waals surface area contributed by atoms with E-state index in [0.29, 0.717) is 48.1 Å². The highest BCUT2D eigenvalue weighted by molar-refractivity contribution is 6.45. The van der Waals surface area contributed by atoms with Crippen LogP contribution in [0.15, 0.2) is 60.3 Å². The number of rotatable bonds is 7. The number of piperidine rings is 1. The summed E-state index contributed by atoms with van der Waals surface area (Å²) in [6.45, 7) is 6.11. The molecule has 1 saturated heterocycles. The summed E-state index contributed by atoms with van der Waals surface area (Å²) in [5.74, 6) is 0.613. The van der Waals surface area contributed by atoms with Crippen molar-refractivity contribution in [3.63, 3.8) is 0 Å². The first-order valence-electron chi connectivity index (χ1n) is 11.3. The van der Waals surface area contributed by atoms with E-state index >= 15 is 0 Å². The zero-order chi connectivity index (χ0) is 22.7. The lowest BCUT2D eigenvalue weighted by molar-refractivity contribution is -0.120. The van der Waals surface area contributed by atoms with Crippen LogP contribution in [0.1, 0.15) is 32.3 Å². The molecule has 1 N–H and O–H groups in total. The Morgan fingerprint density at radius 1 is 1.03 bits per heavy atom. The number of carbonyl (C=O) groups is 2. The zero-order valence-electron chi connectivity index (χ0n) is 18.7. The van der Waals surface area contributed by atoms with Gasteiger partial charge in [0.25, 0.3) is 11.8 Å². The Morgan fingerprint density at radius 3 is 2.41 bits per heavy atom. The van der Waals surface area contributed by atoms with Gasteiger partial charge in [0.1, 0.15) is 11.4 Å². The van der Waals surface area contributed by atoms with E-state index in [2.05, 4.69) is 13.8 Å². The standard InChI is InChI=1S/C26H30N2O4/c1-18(2)17-32-22-12-10-20(11-13-22)23-24(27-14-6-7-19(15-27)16-29)26(31)28(25(23)30)21-8-4-3-5-9-21/h3-5,8-13,18-19,29H,6-7,14-17H2,1-2H3. The monoisotopic (exact) mass is 434 g/mol. The predicted molar refractivity (Wildman–Crippen MR) is 124 cm³/mol. The molecule has 2 aliphatic heterocycles. The maximum atomic E-state index is 13.6. The molecule has 1 atom stereocenters. The number of imide groups is 1. The van der Waals surface area contributed by atoms with E-state index in [1.807, 2.05) is 47.4 Å². The van der Waals surface area contributed by atoms with Gasteiger partial charge in [-0.15, -0.1) is 0 Å². The van der Waals surface area contributed by atoms with Gasteiger partial charge in [0.05, 0.1) is 17.9 Å². The molecule has 4 rings (SSSR count). The van der Waals surface area contributed by atoms with E-state index in [-0.39, 0.29) is 24.3 Å². The van der Waals surface area contributed by atoms with Crippen LogP contribution in [-0.2, 0) is 9.59 Å². The minimum atomic E-state index is -0.321. The van der Waals surface area contributed by atoms with Gasteiger partial charge in [-0.25, -0.2) is 4.90 Å². The molecule has 6 nitrogen and oxygen atoms in total. The molecule has 1 unspecified atom stereocenters. The van der Waals surface area contributed by atoms with Crippen molar-refractivity contribution in [2.24, 2.45) is 11.8 Å². The quantitative estimate of drug-likeness (QED) is 0.673. The average Bonchev–Trinajstić information content (AvgIpc) is 3.08. The lowest BCUT2D eigenvalue weighted by Gasteiger charge is -2.34. The maximum absolute atomic E-state index is 13.6. The highest BCUT2D eigenvalue weighted by Crippen LogP contribution is 2.36. The SMILES string of the molecule is CC(C)COc1ccc(C2=C(N3CCCC(CO)C3)C(=O)N(c3ccccc3)C2=O)cc1. The van der Waals surface area contributed by atoms with Crippen LogP contribution < -0.4 is 9.64 Å². The van der Waals surface area contributed by atoms with Crippen molar-refractivity contribution in [1.29, 1.82) is 0 Å². The van der Waals surface area contributed by atoms with Gasteiger partial charge in [0.2, 0.25) is 0 Å². The second-order valence-corrected chi connectivity index (χ2v) is 8.87. The number of aliphatic hydroxyl groups is 1. The number of ether oxygens (including phenoxy) is 1. The molecule has 2 amide bonds. The van der Waals surface area contributed by atoms with Gasteiger partial charge in [-0.3, -0.25) is 9.59 Å². The Bertz CT molecular complexity index is 998. The second kappa shape index (κ2) is 9.57. The summed E-state index contributed by atoms with van der Waals surface area (Å²) < 4.78 is 5.78. The van der Waals surface area contributed by atoms with Gasteiger partial charge < -0.3 is 14.7 Å². The Hall–Kier alpha value is -3.12. The van der Waals surface area contributed by atoms with Gasteiger partial charge in [-0.05, 0) is 54.5 Å². The first-order chi connectivity index (χ1) is 15.5. The lowest BCUT2D eigenvalue weighted by Crippen LogP contribution is -2.40. The number of carbonyl (C=O) groups excluding carboxylic acids is 2. The average molecular weight is 435 g/mol. The van der Waals surface area contributed by atoms with Gasteiger partial charge in [-0.1, -0.05) is 44.2 Å².